The van der Waals surface area contributed by atoms with Crippen LogP contribution in [0.2, 0.25) is 0 Å². The Balaban J connectivity index is 1.60. The van der Waals surface area contributed by atoms with Crippen LogP contribution in [-0.2, 0) is 27.3 Å². The lowest BCUT2D eigenvalue weighted by atomic mass is 9.95. The van der Waals surface area contributed by atoms with Crippen LogP contribution in [-0.4, -0.2) is 52.2 Å². The lowest BCUT2D eigenvalue weighted by Crippen LogP contribution is -2.49. The Morgan fingerprint density at radius 1 is 1.21 bits per heavy atom. The minimum Gasteiger partial charge on any atom is -0.548 e. The molecular weight excluding hydrogens is 362 g/mol. The smallest absolute Gasteiger partial charge is 0.327 e. The van der Waals surface area contributed by atoms with Gasteiger partial charge in [0.05, 0.1) is 12.0 Å². The highest BCUT2D eigenvalue weighted by Gasteiger charge is 2.46. The molecule has 2 aliphatic rings. The summed E-state index contributed by atoms with van der Waals surface area (Å²) in [6.07, 6.45) is 0.571. The Morgan fingerprint density at radius 2 is 1.89 bits per heavy atom. The van der Waals surface area contributed by atoms with Gasteiger partial charge in [0.15, 0.2) is 0 Å². The second kappa shape index (κ2) is 8.00. The first-order chi connectivity index (χ1) is 13.3. The van der Waals surface area contributed by atoms with Crippen molar-refractivity contribution in [2.45, 2.75) is 51.7 Å². The van der Waals surface area contributed by atoms with Crippen LogP contribution in [0, 0.1) is 5.92 Å². The minimum atomic E-state index is -1.34. The molecule has 2 aliphatic heterocycles. The highest BCUT2D eigenvalue weighted by atomic mass is 16.4. The van der Waals surface area contributed by atoms with E-state index in [0.29, 0.717) is 13.0 Å². The molecule has 1 saturated heterocycles. The van der Waals surface area contributed by atoms with Crippen LogP contribution in [0.15, 0.2) is 24.3 Å². The van der Waals surface area contributed by atoms with Gasteiger partial charge in [-0.05, 0) is 23.5 Å². The normalized spacial score (nSPS) is 19.5. The van der Waals surface area contributed by atoms with E-state index in [1.165, 1.54) is 4.90 Å². The minimum absolute atomic E-state index is 0.0718. The molecule has 0 spiro atoms. The number of hydrogen-bond acceptors (Lipinski definition) is 5. The summed E-state index contributed by atoms with van der Waals surface area (Å²) in [6, 6.07) is 5.66. The summed E-state index contributed by atoms with van der Waals surface area (Å²) in [4.78, 5) is 51.2. The molecule has 0 bridgehead atoms. The van der Waals surface area contributed by atoms with Crippen LogP contribution in [0.3, 0.4) is 0 Å². The summed E-state index contributed by atoms with van der Waals surface area (Å²) < 4.78 is 0. The summed E-state index contributed by atoms with van der Waals surface area (Å²) >= 11 is 0. The number of carboxylic acids is 1. The monoisotopic (exact) mass is 386 g/mol. The lowest BCUT2D eigenvalue weighted by Gasteiger charge is -2.28. The molecule has 150 valence electrons. The highest BCUT2D eigenvalue weighted by Crippen LogP contribution is 2.29. The molecule has 2 atom stereocenters. The van der Waals surface area contributed by atoms with E-state index in [9.17, 15) is 24.3 Å². The fraction of sp³-hybridized carbons (Fsp3) is 0.500. The van der Waals surface area contributed by atoms with Crippen molar-refractivity contribution in [1.82, 2.24) is 15.1 Å². The van der Waals surface area contributed by atoms with Crippen LogP contribution in [0.5, 0.6) is 0 Å². The van der Waals surface area contributed by atoms with Gasteiger partial charge in [-0.25, -0.2) is 4.79 Å². The van der Waals surface area contributed by atoms with Crippen LogP contribution in [0.1, 0.15) is 37.8 Å². The van der Waals surface area contributed by atoms with E-state index in [0.717, 1.165) is 16.0 Å². The summed E-state index contributed by atoms with van der Waals surface area (Å²) in [5.41, 5.74) is 2.07. The van der Waals surface area contributed by atoms with E-state index in [2.05, 4.69) is 5.32 Å². The van der Waals surface area contributed by atoms with Crippen molar-refractivity contribution < 1.29 is 24.3 Å². The third-order valence-electron chi connectivity index (χ3n) is 5.17. The predicted molar refractivity (Wildman–Crippen MR) is 97.6 cm³/mol. The van der Waals surface area contributed by atoms with Gasteiger partial charge in [-0.1, -0.05) is 38.1 Å². The molecule has 0 radical (unpaired) electrons. The molecule has 2 heterocycles. The SMILES string of the molecule is CC(C)C[C@@H](NC(=O)CCN1C(=O)[C@@H]2Cc3ccccc3CN2C1=O)C(=O)[O-]. The topological polar surface area (TPSA) is 110 Å². The third kappa shape index (κ3) is 4.00. The fourth-order valence-electron chi connectivity index (χ4n) is 3.75. The van der Waals surface area contributed by atoms with E-state index in [4.69, 9.17) is 0 Å². The van der Waals surface area contributed by atoms with E-state index < -0.39 is 30.0 Å². The number of carbonyl (C=O) groups is 4. The number of fused-ring (bicyclic) bond motifs is 2. The van der Waals surface area contributed by atoms with Crippen molar-refractivity contribution in [3.05, 3.63) is 35.4 Å². The maximum atomic E-state index is 12.7. The molecule has 0 saturated carbocycles. The van der Waals surface area contributed by atoms with Gasteiger partial charge in [0.2, 0.25) is 5.91 Å². The van der Waals surface area contributed by atoms with Gasteiger partial charge < -0.3 is 20.1 Å². The number of hydrogen-bond donors (Lipinski definition) is 1. The predicted octanol–water partition coefficient (Wildman–Crippen LogP) is 0.0464. The number of aliphatic carboxylic acids is 1. The van der Waals surface area contributed by atoms with Crippen molar-refractivity contribution in [1.29, 1.82) is 0 Å². The number of nitrogens with zero attached hydrogens (tertiary/aromatic N) is 2. The zero-order valence-electron chi connectivity index (χ0n) is 16.0. The van der Waals surface area contributed by atoms with Crippen molar-refractivity contribution in [3.63, 3.8) is 0 Å². The average molecular weight is 386 g/mol. The second-order valence-corrected chi connectivity index (χ2v) is 7.71. The number of nitrogens with one attached hydrogen (secondary N) is 1. The molecule has 8 nitrogen and oxygen atoms in total. The molecule has 0 aromatic heterocycles. The van der Waals surface area contributed by atoms with Crippen LogP contribution in [0.4, 0.5) is 4.79 Å². The van der Waals surface area contributed by atoms with E-state index in [-0.39, 0.29) is 31.2 Å². The number of urea groups is 1. The lowest BCUT2D eigenvalue weighted by molar-refractivity contribution is -0.308. The average Bonchev–Trinajstić information content (AvgIpc) is 2.87. The number of rotatable bonds is 7. The van der Waals surface area contributed by atoms with E-state index in [1.807, 2.05) is 38.1 Å². The van der Waals surface area contributed by atoms with Crippen molar-refractivity contribution >= 4 is 23.8 Å². The Labute approximate surface area is 163 Å². The number of imide groups is 1. The molecule has 0 unspecified atom stereocenters. The van der Waals surface area contributed by atoms with Gasteiger partial charge in [0, 0.05) is 25.9 Å². The molecule has 4 amide bonds. The largest absolute Gasteiger partial charge is 0.548 e. The standard InChI is InChI=1S/C20H25N3O5/c1-12(2)9-15(19(26)27)21-17(24)7-8-22-18(25)16-10-13-5-3-4-6-14(13)11-23(16)20(22)28/h3-6,12,15-16H,7-11H2,1-2H3,(H,21,24)(H,26,27)/p-1/t15-,16+/m1/s1. The summed E-state index contributed by atoms with van der Waals surface area (Å²) in [5.74, 6) is -2.11. The Kier molecular flexibility index (Phi) is 5.67. The molecule has 28 heavy (non-hydrogen) atoms. The first kappa shape index (κ1) is 19.9. The molecule has 1 fully saturated rings. The molecule has 1 N–H and O–H groups in total. The quantitative estimate of drug-likeness (QED) is 0.666. The van der Waals surface area contributed by atoms with Gasteiger partial charge in [-0.3, -0.25) is 14.5 Å². The van der Waals surface area contributed by atoms with Crippen LogP contribution >= 0.6 is 0 Å². The maximum Gasteiger partial charge on any atom is 0.327 e. The van der Waals surface area contributed by atoms with Crippen molar-refractivity contribution in [2.75, 3.05) is 6.54 Å². The molecule has 1 aromatic rings. The number of benzene rings is 1. The van der Waals surface area contributed by atoms with Gasteiger partial charge in [0.25, 0.3) is 5.91 Å². The zero-order chi connectivity index (χ0) is 20.4. The number of amides is 4. The van der Waals surface area contributed by atoms with Gasteiger partial charge in [-0.15, -0.1) is 0 Å². The third-order valence-corrected chi connectivity index (χ3v) is 5.17. The van der Waals surface area contributed by atoms with Crippen molar-refractivity contribution in [3.8, 4) is 0 Å². The molecular formula is C20H24N3O5-. The van der Waals surface area contributed by atoms with Crippen LogP contribution in [0.25, 0.3) is 0 Å². The van der Waals surface area contributed by atoms with Gasteiger partial charge in [0.1, 0.15) is 6.04 Å². The Morgan fingerprint density at radius 3 is 2.54 bits per heavy atom. The maximum absolute atomic E-state index is 12.7. The Hall–Kier alpha value is -2.90. The summed E-state index contributed by atoms with van der Waals surface area (Å²) in [6.45, 7) is 3.99. The number of carboxylic acid groups (broad SMARTS) is 1. The number of carbonyl (C=O) groups excluding carboxylic acids is 4. The summed E-state index contributed by atoms with van der Waals surface area (Å²) in [7, 11) is 0. The zero-order valence-corrected chi connectivity index (χ0v) is 16.0. The van der Waals surface area contributed by atoms with Crippen LogP contribution < -0.4 is 10.4 Å². The molecule has 1 aromatic carbocycles. The fourth-order valence-corrected chi connectivity index (χ4v) is 3.75. The van der Waals surface area contributed by atoms with Gasteiger partial charge in [-0.2, -0.15) is 0 Å². The molecule has 3 rings (SSSR count). The first-order valence-electron chi connectivity index (χ1n) is 9.47. The first-order valence-corrected chi connectivity index (χ1v) is 9.47. The Bertz CT molecular complexity index is 764. The second-order valence-electron chi connectivity index (χ2n) is 7.71. The molecule has 8 heteroatoms. The molecule has 0 aliphatic carbocycles. The van der Waals surface area contributed by atoms with E-state index in [1.54, 1.807) is 0 Å². The summed E-state index contributed by atoms with van der Waals surface area (Å²) in [5, 5.41) is 13.6. The van der Waals surface area contributed by atoms with E-state index >= 15 is 0 Å². The van der Waals surface area contributed by atoms with Crippen molar-refractivity contribution in [2.24, 2.45) is 5.92 Å². The van der Waals surface area contributed by atoms with Gasteiger partial charge >= 0.3 is 6.03 Å². The highest BCUT2D eigenvalue weighted by molar-refractivity contribution is 6.04.